The summed E-state index contributed by atoms with van der Waals surface area (Å²) in [4.78, 5) is 0. The van der Waals surface area contributed by atoms with Crippen molar-refractivity contribution in [3.63, 3.8) is 0 Å². The van der Waals surface area contributed by atoms with Crippen molar-refractivity contribution in [2.75, 3.05) is 0 Å². The Morgan fingerprint density at radius 2 is 0.789 bits per heavy atom. The Hall–Kier alpha value is -8.32. The fraction of sp³-hybridized carbons (Fsp3) is 0.0986. The number of allylic oxidation sites excluding steroid dienone is 1. The van der Waals surface area contributed by atoms with Gasteiger partial charge in [-0.1, -0.05) is 218 Å². The molecule has 0 amide bonds. The molecule has 0 heterocycles. The van der Waals surface area contributed by atoms with Gasteiger partial charge in [0.15, 0.2) is 0 Å². The Labute approximate surface area is 419 Å². The van der Waals surface area contributed by atoms with Crippen molar-refractivity contribution in [3.05, 3.63) is 268 Å². The fourth-order valence-corrected chi connectivity index (χ4v) is 11.9. The monoisotopic (exact) mass is 908 g/mol. The zero-order chi connectivity index (χ0) is 48.2. The first-order valence-corrected chi connectivity index (χ1v) is 25.2. The van der Waals surface area contributed by atoms with E-state index in [2.05, 4.69) is 259 Å². The summed E-state index contributed by atoms with van der Waals surface area (Å²) >= 11 is 0. The lowest BCUT2D eigenvalue weighted by molar-refractivity contribution is 1.16. The highest BCUT2D eigenvalue weighted by Crippen LogP contribution is 2.51. The number of aryl methyl sites for hydroxylation is 5. The second-order valence-electron chi connectivity index (χ2n) is 19.7. The largest absolute Gasteiger partial charge is 0.0795 e. The van der Waals surface area contributed by atoms with Gasteiger partial charge in [0.2, 0.25) is 0 Å². The zero-order valence-electron chi connectivity index (χ0n) is 41.3. The van der Waals surface area contributed by atoms with Gasteiger partial charge in [-0.2, -0.15) is 0 Å². The quantitative estimate of drug-likeness (QED) is 0.127. The summed E-state index contributed by atoms with van der Waals surface area (Å²) < 4.78 is 0. The van der Waals surface area contributed by atoms with Crippen LogP contribution in [0.1, 0.15) is 50.1 Å². The predicted octanol–water partition coefficient (Wildman–Crippen LogP) is 19.4. The molecule has 0 saturated heterocycles. The molecule has 0 spiro atoms. The third-order valence-electron chi connectivity index (χ3n) is 15.2. The van der Waals surface area contributed by atoms with E-state index in [0.717, 1.165) is 12.8 Å². The van der Waals surface area contributed by atoms with Gasteiger partial charge >= 0.3 is 0 Å². The summed E-state index contributed by atoms with van der Waals surface area (Å²) in [7, 11) is 0. The lowest BCUT2D eigenvalue weighted by Gasteiger charge is -2.25. The summed E-state index contributed by atoms with van der Waals surface area (Å²) in [5.41, 5.74) is 29.4. The van der Waals surface area contributed by atoms with Gasteiger partial charge in [0.05, 0.1) is 0 Å². The summed E-state index contributed by atoms with van der Waals surface area (Å²) in [6.45, 7) is 11.4. The lowest BCUT2D eigenvalue weighted by Crippen LogP contribution is -2.02. The summed E-state index contributed by atoms with van der Waals surface area (Å²) in [5, 5.41) is 5.25. The molecular formula is C71H56. The molecule has 0 unspecified atom stereocenters. The van der Waals surface area contributed by atoms with Gasteiger partial charge in [0, 0.05) is 0 Å². The average Bonchev–Trinajstić information content (AvgIpc) is 3.61. The van der Waals surface area contributed by atoms with Crippen molar-refractivity contribution in [1.82, 2.24) is 0 Å². The van der Waals surface area contributed by atoms with Gasteiger partial charge in [0.25, 0.3) is 0 Å². The van der Waals surface area contributed by atoms with Gasteiger partial charge < -0.3 is 0 Å². The van der Waals surface area contributed by atoms with Crippen LogP contribution in [0.4, 0.5) is 0 Å². The predicted molar refractivity (Wildman–Crippen MR) is 305 cm³/mol. The van der Waals surface area contributed by atoms with E-state index in [1.807, 2.05) is 0 Å². The third-order valence-corrected chi connectivity index (χ3v) is 15.2. The number of hydrogen-bond donors (Lipinski definition) is 0. The second-order valence-corrected chi connectivity index (χ2v) is 19.7. The maximum absolute atomic E-state index is 2.57. The van der Waals surface area contributed by atoms with E-state index >= 15 is 0 Å². The highest BCUT2D eigenvalue weighted by atomic mass is 14.3. The van der Waals surface area contributed by atoms with Crippen LogP contribution in [-0.4, -0.2) is 0 Å². The third kappa shape index (κ3) is 7.72. The van der Waals surface area contributed by atoms with Crippen LogP contribution < -0.4 is 0 Å². The standard InChI is InChI=1S/C71H56/c1-45-21-15-32-53(41-45)58-36-19-25-49(5)69(58)64-43-54(42-63-46(2)22-16-33-55(63)50-26-9-6-10-27-50)59-37-20-38-60-65(67-47(3)23-17-34-56(67)51-28-11-7-12-29-51)44-66(62-40-39-61(64)70(59)71(60)62)68-48(4)24-18-35-57(68)52-30-13-8-14-31-52/h6-37,39-41,43-44H,38,42H2,1-5H3. The Morgan fingerprint density at radius 3 is 1.35 bits per heavy atom. The maximum atomic E-state index is 2.57. The average molecular weight is 909 g/mol. The van der Waals surface area contributed by atoms with Crippen molar-refractivity contribution < 1.29 is 0 Å². The van der Waals surface area contributed by atoms with Crippen molar-refractivity contribution in [3.8, 4) is 77.9 Å². The molecule has 0 fully saturated rings. The lowest BCUT2D eigenvalue weighted by atomic mass is 9.78. The van der Waals surface area contributed by atoms with Gasteiger partial charge in [-0.15, -0.1) is 0 Å². The first kappa shape index (κ1) is 43.9. The smallest absolute Gasteiger partial charge is 0.00106 e. The number of benzene rings is 11. The second kappa shape index (κ2) is 18.2. The minimum atomic E-state index is 0.787. The van der Waals surface area contributed by atoms with E-state index in [-0.39, 0.29) is 0 Å². The fourth-order valence-electron chi connectivity index (χ4n) is 11.9. The molecule has 11 aromatic carbocycles. The minimum Gasteiger partial charge on any atom is -0.0795 e. The Kier molecular flexibility index (Phi) is 11.3. The Morgan fingerprint density at radius 1 is 0.338 bits per heavy atom. The van der Waals surface area contributed by atoms with Crippen LogP contribution in [0.15, 0.2) is 218 Å². The first-order valence-electron chi connectivity index (χ1n) is 25.2. The molecule has 0 bridgehead atoms. The molecule has 11 aromatic rings. The highest BCUT2D eigenvalue weighted by Gasteiger charge is 2.27. The topological polar surface area (TPSA) is 0 Å². The summed E-state index contributed by atoms with van der Waals surface area (Å²) in [5.74, 6) is 0. The van der Waals surface area contributed by atoms with Crippen molar-refractivity contribution in [2.24, 2.45) is 0 Å². The van der Waals surface area contributed by atoms with Crippen molar-refractivity contribution in [1.29, 1.82) is 0 Å². The molecule has 0 N–H and O–H groups in total. The van der Waals surface area contributed by atoms with Crippen LogP contribution in [0.5, 0.6) is 0 Å². The van der Waals surface area contributed by atoms with Gasteiger partial charge in [-0.05, 0) is 204 Å². The highest BCUT2D eigenvalue weighted by molar-refractivity contribution is 6.23. The van der Waals surface area contributed by atoms with Crippen LogP contribution in [0, 0.1) is 34.6 Å². The number of rotatable bonds is 9. The maximum Gasteiger partial charge on any atom is -0.00106 e. The zero-order valence-corrected chi connectivity index (χ0v) is 41.3. The van der Waals surface area contributed by atoms with Crippen LogP contribution in [0.3, 0.4) is 0 Å². The van der Waals surface area contributed by atoms with E-state index in [0.29, 0.717) is 0 Å². The first-order chi connectivity index (χ1) is 34.8. The molecule has 1 aliphatic carbocycles. The van der Waals surface area contributed by atoms with E-state index in [9.17, 15) is 0 Å². The molecule has 0 aromatic heterocycles. The van der Waals surface area contributed by atoms with Crippen LogP contribution >= 0.6 is 0 Å². The molecule has 0 aliphatic heterocycles. The molecule has 340 valence electrons. The summed E-state index contributed by atoms with van der Waals surface area (Å²) in [6, 6.07) is 79.4. The number of hydrogen-bond acceptors (Lipinski definition) is 0. The SMILES string of the molecule is Cc1cccc(-c2cccc(C)c2-c2cc(Cc3c(C)cccc3-c3ccccc3)c3c4c2ccc2c(-c5c(C)cccc5-c5ccccc5)cc(-c5c(C)cccc5-c5ccccc5)c(c24)CC=C3)c1. The molecule has 71 heavy (non-hydrogen) atoms. The molecule has 1 aliphatic rings. The minimum absolute atomic E-state index is 0.787. The van der Waals surface area contributed by atoms with E-state index in [1.54, 1.807) is 0 Å². The van der Waals surface area contributed by atoms with Crippen LogP contribution in [-0.2, 0) is 12.8 Å². The van der Waals surface area contributed by atoms with Crippen LogP contribution in [0.25, 0.3) is 106 Å². The van der Waals surface area contributed by atoms with Gasteiger partial charge in [0.1, 0.15) is 0 Å². The molecule has 0 heteroatoms. The molecule has 0 saturated carbocycles. The normalized spacial score (nSPS) is 12.0. The van der Waals surface area contributed by atoms with E-state index in [4.69, 9.17) is 0 Å². The van der Waals surface area contributed by atoms with Gasteiger partial charge in [-0.3, -0.25) is 0 Å². The Balaban J connectivity index is 1.27. The summed E-state index contributed by atoms with van der Waals surface area (Å²) in [6.07, 6.45) is 6.52. The molecule has 0 radical (unpaired) electrons. The molecule has 0 nitrogen and oxygen atoms in total. The molecule has 0 atom stereocenters. The van der Waals surface area contributed by atoms with Gasteiger partial charge in [-0.25, -0.2) is 0 Å². The molecular weight excluding hydrogens is 853 g/mol. The van der Waals surface area contributed by atoms with E-state index in [1.165, 1.54) is 150 Å². The molecule has 12 rings (SSSR count). The van der Waals surface area contributed by atoms with Crippen molar-refractivity contribution >= 4 is 27.6 Å². The van der Waals surface area contributed by atoms with E-state index < -0.39 is 0 Å². The van der Waals surface area contributed by atoms with Crippen LogP contribution in [0.2, 0.25) is 0 Å². The van der Waals surface area contributed by atoms with Crippen molar-refractivity contribution in [2.45, 2.75) is 47.5 Å². The Bertz CT molecular complexity index is 3890.